The van der Waals surface area contributed by atoms with Crippen LogP contribution < -0.4 is 5.73 Å². The Kier molecular flexibility index (Phi) is 5.39. The quantitative estimate of drug-likeness (QED) is 0.886. The number of ether oxygens (including phenoxy) is 2. The fraction of sp³-hybridized carbons (Fsp3) is 0.692. The molecule has 6 heteroatoms. The highest BCUT2D eigenvalue weighted by atomic mass is 79.9. The largest absolute Gasteiger partial charge is 0.377 e. The van der Waals surface area contributed by atoms with Gasteiger partial charge in [0.05, 0.1) is 18.2 Å². The molecule has 4 nitrogen and oxygen atoms in total. The second-order valence-electron chi connectivity index (χ2n) is 4.97. The number of likely N-dealkylation sites (tertiary alicyclic amines) is 1. The molecule has 2 N–H and O–H groups in total. The van der Waals surface area contributed by atoms with Crippen LogP contribution in [0.2, 0.25) is 0 Å². The lowest BCUT2D eigenvalue weighted by molar-refractivity contribution is -0.00461. The summed E-state index contributed by atoms with van der Waals surface area (Å²) in [6.45, 7) is 3.77. The molecule has 0 amide bonds. The minimum absolute atomic E-state index is 0.0682. The molecule has 0 aliphatic carbocycles. The van der Waals surface area contributed by atoms with Gasteiger partial charge in [0.25, 0.3) is 0 Å². The van der Waals surface area contributed by atoms with E-state index in [1.54, 1.807) is 25.6 Å². The highest BCUT2D eigenvalue weighted by molar-refractivity contribution is 9.10. The monoisotopic (exact) mass is 348 g/mol. The van der Waals surface area contributed by atoms with Crippen molar-refractivity contribution in [3.8, 4) is 0 Å². The van der Waals surface area contributed by atoms with Gasteiger partial charge in [-0.25, -0.2) is 0 Å². The van der Waals surface area contributed by atoms with Crippen molar-refractivity contribution in [3.63, 3.8) is 0 Å². The van der Waals surface area contributed by atoms with Gasteiger partial charge in [-0.2, -0.15) is 0 Å². The summed E-state index contributed by atoms with van der Waals surface area (Å²) in [5.74, 6) is 0. The zero-order valence-electron chi connectivity index (χ0n) is 11.5. The van der Waals surface area contributed by atoms with Gasteiger partial charge in [-0.3, -0.25) is 4.90 Å². The Morgan fingerprint density at radius 3 is 2.32 bits per heavy atom. The number of rotatable bonds is 5. The van der Waals surface area contributed by atoms with E-state index in [2.05, 4.69) is 39.2 Å². The second kappa shape index (κ2) is 6.65. The average Bonchev–Trinajstić information content (AvgIpc) is 2.96. The van der Waals surface area contributed by atoms with E-state index < -0.39 is 0 Å². The lowest BCUT2D eigenvalue weighted by Crippen LogP contribution is -2.38. The zero-order valence-corrected chi connectivity index (χ0v) is 13.9. The fourth-order valence-electron chi connectivity index (χ4n) is 2.71. The molecule has 1 aliphatic rings. The van der Waals surface area contributed by atoms with Crippen LogP contribution >= 0.6 is 27.3 Å². The minimum atomic E-state index is 0.0682. The van der Waals surface area contributed by atoms with E-state index in [0.717, 1.165) is 17.6 Å². The van der Waals surface area contributed by atoms with Crippen LogP contribution in [0, 0.1) is 0 Å². The van der Waals surface area contributed by atoms with Crippen LogP contribution in [-0.4, -0.2) is 50.5 Å². The van der Waals surface area contributed by atoms with Crippen molar-refractivity contribution in [2.75, 3.05) is 27.3 Å². The summed E-state index contributed by atoms with van der Waals surface area (Å²) >= 11 is 5.25. The van der Waals surface area contributed by atoms with Gasteiger partial charge in [0.15, 0.2) is 0 Å². The molecule has 1 saturated heterocycles. The Hall–Kier alpha value is 0.0200. The fourth-order valence-corrected chi connectivity index (χ4v) is 4.40. The van der Waals surface area contributed by atoms with Crippen LogP contribution in [0.5, 0.6) is 0 Å². The molecule has 2 heterocycles. The van der Waals surface area contributed by atoms with Crippen molar-refractivity contribution >= 4 is 27.3 Å². The molecule has 1 fully saturated rings. The first-order chi connectivity index (χ1) is 9.06. The molecule has 0 bridgehead atoms. The molecule has 0 spiro atoms. The van der Waals surface area contributed by atoms with E-state index in [1.807, 2.05) is 0 Å². The molecule has 1 aromatic rings. The van der Waals surface area contributed by atoms with Crippen molar-refractivity contribution in [1.82, 2.24) is 4.90 Å². The molecular formula is C13H21BrN2O2S. The molecule has 4 atom stereocenters. The summed E-state index contributed by atoms with van der Waals surface area (Å²) in [6.07, 6.45) is 0.240. The van der Waals surface area contributed by atoms with Crippen molar-refractivity contribution in [1.29, 1.82) is 0 Å². The van der Waals surface area contributed by atoms with Crippen LogP contribution in [0.25, 0.3) is 0 Å². The third-order valence-electron chi connectivity index (χ3n) is 3.62. The maximum atomic E-state index is 6.20. The Bertz CT molecular complexity index is 401. The van der Waals surface area contributed by atoms with Crippen LogP contribution in [-0.2, 0) is 9.47 Å². The predicted octanol–water partition coefficient (Wildman–Crippen LogP) is 2.24. The summed E-state index contributed by atoms with van der Waals surface area (Å²) in [5, 5.41) is 2.10. The number of thiophene rings is 1. The van der Waals surface area contributed by atoms with E-state index >= 15 is 0 Å². The normalized spacial score (nSPS) is 27.6. The SMILES string of the molecule is COC1CN(C(c2cc(Br)cs2)C(C)N)CC1OC. The predicted molar refractivity (Wildman–Crippen MR) is 81.6 cm³/mol. The molecule has 108 valence electrons. The van der Waals surface area contributed by atoms with E-state index in [9.17, 15) is 0 Å². The molecule has 19 heavy (non-hydrogen) atoms. The van der Waals surface area contributed by atoms with Crippen LogP contribution in [0.3, 0.4) is 0 Å². The zero-order chi connectivity index (χ0) is 14.0. The van der Waals surface area contributed by atoms with Crippen LogP contribution in [0.15, 0.2) is 15.9 Å². The van der Waals surface area contributed by atoms with Crippen molar-refractivity contribution in [2.24, 2.45) is 5.73 Å². The lowest BCUT2D eigenvalue weighted by Gasteiger charge is -2.29. The highest BCUT2D eigenvalue weighted by Gasteiger charge is 2.38. The summed E-state index contributed by atoms with van der Waals surface area (Å²) in [7, 11) is 3.48. The summed E-state index contributed by atoms with van der Waals surface area (Å²) < 4.78 is 12.1. The van der Waals surface area contributed by atoms with E-state index in [0.29, 0.717) is 0 Å². The standard InChI is InChI=1S/C13H21BrN2O2S/c1-8(15)13(12-4-9(14)7-19-12)16-5-10(17-2)11(6-16)18-3/h4,7-8,10-11,13H,5-6,15H2,1-3H3. The maximum absolute atomic E-state index is 6.20. The first-order valence-electron chi connectivity index (χ1n) is 6.36. The van der Waals surface area contributed by atoms with E-state index in [-0.39, 0.29) is 24.3 Å². The average molecular weight is 349 g/mol. The van der Waals surface area contributed by atoms with Gasteiger partial charge in [0.1, 0.15) is 0 Å². The lowest BCUT2D eigenvalue weighted by atomic mass is 10.1. The Balaban J connectivity index is 2.17. The van der Waals surface area contributed by atoms with E-state index in [4.69, 9.17) is 15.2 Å². The first-order valence-corrected chi connectivity index (χ1v) is 8.03. The molecule has 1 aromatic heterocycles. The molecule has 0 saturated carbocycles. The number of halogens is 1. The van der Waals surface area contributed by atoms with Crippen LogP contribution in [0.4, 0.5) is 0 Å². The smallest absolute Gasteiger partial charge is 0.0972 e. The van der Waals surface area contributed by atoms with Gasteiger partial charge in [0, 0.05) is 48.1 Å². The Labute approximate surface area is 127 Å². The van der Waals surface area contributed by atoms with Crippen molar-refractivity contribution in [2.45, 2.75) is 31.2 Å². The second-order valence-corrected chi connectivity index (χ2v) is 6.83. The number of nitrogens with zero attached hydrogens (tertiary/aromatic N) is 1. The summed E-state index contributed by atoms with van der Waals surface area (Å²) in [4.78, 5) is 3.65. The molecule has 0 aromatic carbocycles. The highest BCUT2D eigenvalue weighted by Crippen LogP contribution is 2.34. The summed E-state index contributed by atoms with van der Waals surface area (Å²) in [6, 6.07) is 2.44. The Morgan fingerprint density at radius 2 is 1.95 bits per heavy atom. The molecule has 4 unspecified atom stereocenters. The molecular weight excluding hydrogens is 328 g/mol. The van der Waals surface area contributed by atoms with Crippen LogP contribution in [0.1, 0.15) is 17.8 Å². The maximum Gasteiger partial charge on any atom is 0.0972 e. The Morgan fingerprint density at radius 1 is 1.37 bits per heavy atom. The minimum Gasteiger partial charge on any atom is -0.377 e. The van der Waals surface area contributed by atoms with Gasteiger partial charge in [-0.15, -0.1) is 11.3 Å². The van der Waals surface area contributed by atoms with E-state index in [1.165, 1.54) is 4.88 Å². The third kappa shape index (κ3) is 3.37. The van der Waals surface area contributed by atoms with Gasteiger partial charge in [-0.1, -0.05) is 0 Å². The number of hydrogen-bond acceptors (Lipinski definition) is 5. The first kappa shape index (κ1) is 15.4. The molecule has 2 rings (SSSR count). The number of nitrogens with two attached hydrogens (primary N) is 1. The third-order valence-corrected chi connectivity index (χ3v) is 5.38. The number of methoxy groups -OCH3 is 2. The molecule has 1 aliphatic heterocycles. The van der Waals surface area contributed by atoms with Crippen molar-refractivity contribution in [3.05, 3.63) is 20.8 Å². The van der Waals surface area contributed by atoms with Crippen molar-refractivity contribution < 1.29 is 9.47 Å². The van der Waals surface area contributed by atoms with Gasteiger partial charge in [0.2, 0.25) is 0 Å². The summed E-state index contributed by atoms with van der Waals surface area (Å²) in [5.41, 5.74) is 6.20. The topological polar surface area (TPSA) is 47.7 Å². The van der Waals surface area contributed by atoms with Gasteiger partial charge < -0.3 is 15.2 Å². The molecule has 0 radical (unpaired) electrons. The van der Waals surface area contributed by atoms with Gasteiger partial charge >= 0.3 is 0 Å². The van der Waals surface area contributed by atoms with Gasteiger partial charge in [-0.05, 0) is 28.9 Å². The number of hydrogen-bond donors (Lipinski definition) is 1.